The van der Waals surface area contributed by atoms with E-state index < -0.39 is 0 Å². The predicted molar refractivity (Wildman–Crippen MR) is 87.9 cm³/mol. The zero-order valence-electron chi connectivity index (χ0n) is 11.5. The molecule has 0 aliphatic rings. The van der Waals surface area contributed by atoms with Gasteiger partial charge in [-0.1, -0.05) is 18.2 Å². The molecule has 0 fully saturated rings. The molecule has 0 saturated heterocycles. The second-order valence-corrected chi connectivity index (χ2v) is 5.78. The molecular formula is C17H14BrFN2. The number of hydrogen-bond donors (Lipinski definition) is 1. The van der Waals surface area contributed by atoms with Crippen LogP contribution in [0.5, 0.6) is 0 Å². The van der Waals surface area contributed by atoms with Crippen molar-refractivity contribution in [3.63, 3.8) is 0 Å². The molecule has 0 atom stereocenters. The Morgan fingerprint density at radius 3 is 2.81 bits per heavy atom. The number of hydrogen-bond acceptors (Lipinski definition) is 2. The number of halogens is 2. The Hall–Kier alpha value is -1.94. The van der Waals surface area contributed by atoms with E-state index in [-0.39, 0.29) is 5.82 Å². The molecule has 3 rings (SSSR count). The molecule has 21 heavy (non-hydrogen) atoms. The molecule has 0 aliphatic heterocycles. The van der Waals surface area contributed by atoms with E-state index in [1.165, 1.54) is 6.07 Å². The average Bonchev–Trinajstić information content (AvgIpc) is 2.47. The Kier molecular flexibility index (Phi) is 3.88. The first-order valence-electron chi connectivity index (χ1n) is 6.68. The second-order valence-electron chi connectivity index (χ2n) is 4.93. The third-order valence-corrected chi connectivity index (χ3v) is 3.99. The van der Waals surface area contributed by atoms with Gasteiger partial charge in [-0.2, -0.15) is 0 Å². The first kappa shape index (κ1) is 14.0. The van der Waals surface area contributed by atoms with Gasteiger partial charge in [-0.3, -0.25) is 4.98 Å². The summed E-state index contributed by atoms with van der Waals surface area (Å²) in [5, 5.41) is 4.22. The lowest BCUT2D eigenvalue weighted by Gasteiger charge is -2.10. The highest BCUT2D eigenvalue weighted by atomic mass is 79.9. The molecule has 2 aromatic carbocycles. The van der Waals surface area contributed by atoms with Crippen molar-refractivity contribution in [3.05, 3.63) is 70.1 Å². The van der Waals surface area contributed by atoms with Crippen LogP contribution in [0.25, 0.3) is 10.9 Å². The number of benzene rings is 2. The summed E-state index contributed by atoms with van der Waals surface area (Å²) in [5.41, 5.74) is 3.55. The first-order valence-corrected chi connectivity index (χ1v) is 7.47. The van der Waals surface area contributed by atoms with Crippen LogP contribution >= 0.6 is 15.9 Å². The lowest BCUT2D eigenvalue weighted by Crippen LogP contribution is -2.02. The summed E-state index contributed by atoms with van der Waals surface area (Å²) in [7, 11) is 0. The van der Waals surface area contributed by atoms with E-state index in [2.05, 4.69) is 38.4 Å². The lowest BCUT2D eigenvalue weighted by molar-refractivity contribution is 0.629. The molecule has 106 valence electrons. The summed E-state index contributed by atoms with van der Waals surface area (Å²) in [4.78, 5) is 4.48. The molecule has 0 saturated carbocycles. The van der Waals surface area contributed by atoms with E-state index >= 15 is 0 Å². The van der Waals surface area contributed by atoms with E-state index in [0.29, 0.717) is 12.2 Å². The summed E-state index contributed by atoms with van der Waals surface area (Å²) in [5.74, 6) is -0.262. The normalized spacial score (nSPS) is 10.8. The number of nitrogens with zero attached hydrogens (tertiary/aromatic N) is 1. The van der Waals surface area contributed by atoms with Crippen molar-refractivity contribution >= 4 is 32.5 Å². The van der Waals surface area contributed by atoms with Crippen LogP contribution < -0.4 is 5.32 Å². The first-order chi connectivity index (χ1) is 10.1. The maximum Gasteiger partial charge on any atom is 0.147 e. The van der Waals surface area contributed by atoms with Crippen molar-refractivity contribution in [3.8, 4) is 0 Å². The number of anilines is 1. The Morgan fingerprint density at radius 1 is 1.14 bits per heavy atom. The van der Waals surface area contributed by atoms with Crippen molar-refractivity contribution in [2.75, 3.05) is 5.32 Å². The number of fused-ring (bicyclic) bond motifs is 1. The molecule has 4 heteroatoms. The number of aryl methyl sites for hydroxylation is 1. The Balaban J connectivity index is 1.84. The van der Waals surface area contributed by atoms with E-state index in [9.17, 15) is 4.39 Å². The third kappa shape index (κ3) is 3.05. The van der Waals surface area contributed by atoms with Crippen LogP contribution in [0.15, 0.2) is 53.0 Å². The minimum Gasteiger partial charge on any atom is -0.378 e. The number of rotatable bonds is 3. The largest absolute Gasteiger partial charge is 0.378 e. The van der Waals surface area contributed by atoms with Gasteiger partial charge in [-0.25, -0.2) is 4.39 Å². The molecule has 3 aromatic rings. The fourth-order valence-electron chi connectivity index (χ4n) is 2.24. The maximum absolute atomic E-state index is 13.7. The van der Waals surface area contributed by atoms with Crippen molar-refractivity contribution < 1.29 is 4.39 Å². The van der Waals surface area contributed by atoms with Gasteiger partial charge in [0.25, 0.3) is 0 Å². The summed E-state index contributed by atoms with van der Waals surface area (Å²) < 4.78 is 14.5. The number of nitrogens with one attached hydrogen (secondary N) is 1. The van der Waals surface area contributed by atoms with Crippen LogP contribution in [0.4, 0.5) is 10.1 Å². The molecule has 1 heterocycles. The fraction of sp³-hybridized carbons (Fsp3) is 0.118. The van der Waals surface area contributed by atoms with Gasteiger partial charge in [0.2, 0.25) is 0 Å². The molecule has 1 aromatic heterocycles. The van der Waals surface area contributed by atoms with Crippen LogP contribution in [-0.4, -0.2) is 4.98 Å². The molecule has 0 radical (unpaired) electrons. The molecule has 0 aliphatic carbocycles. The van der Waals surface area contributed by atoms with Gasteiger partial charge in [0.1, 0.15) is 5.82 Å². The minimum absolute atomic E-state index is 0.262. The Morgan fingerprint density at radius 2 is 2.00 bits per heavy atom. The number of pyridine rings is 1. The van der Waals surface area contributed by atoms with Gasteiger partial charge in [0.15, 0.2) is 0 Å². The zero-order valence-corrected chi connectivity index (χ0v) is 13.1. The molecule has 1 N–H and O–H groups in total. The Labute approximate surface area is 131 Å². The zero-order chi connectivity index (χ0) is 14.8. The molecular weight excluding hydrogens is 331 g/mol. The molecule has 0 unspecified atom stereocenters. The monoisotopic (exact) mass is 344 g/mol. The summed E-state index contributed by atoms with van der Waals surface area (Å²) in [6, 6.07) is 15.1. The van der Waals surface area contributed by atoms with E-state index in [1.54, 1.807) is 6.07 Å². The fourth-order valence-corrected chi connectivity index (χ4v) is 2.73. The van der Waals surface area contributed by atoms with Gasteiger partial charge in [0, 0.05) is 22.1 Å². The minimum atomic E-state index is -0.262. The molecule has 0 bridgehead atoms. The summed E-state index contributed by atoms with van der Waals surface area (Å²) >= 11 is 3.36. The van der Waals surface area contributed by atoms with Crippen LogP contribution in [-0.2, 0) is 6.54 Å². The second kappa shape index (κ2) is 5.82. The number of para-hydroxylation sites is 1. The van der Waals surface area contributed by atoms with Crippen LogP contribution in [0.1, 0.15) is 11.3 Å². The van der Waals surface area contributed by atoms with Crippen LogP contribution in [0.3, 0.4) is 0 Å². The SMILES string of the molecule is Cc1ccc2cc(CNc3c(F)cccc3Br)ccc2n1. The van der Waals surface area contributed by atoms with Crippen LogP contribution in [0.2, 0.25) is 0 Å². The highest BCUT2D eigenvalue weighted by molar-refractivity contribution is 9.10. The quantitative estimate of drug-likeness (QED) is 0.718. The predicted octanol–water partition coefficient (Wildman–Crippen LogP) is 5.06. The van der Waals surface area contributed by atoms with Gasteiger partial charge < -0.3 is 5.32 Å². The Bertz CT molecular complexity index is 782. The van der Waals surface area contributed by atoms with Crippen molar-refractivity contribution in [1.29, 1.82) is 0 Å². The highest BCUT2D eigenvalue weighted by Gasteiger charge is 2.06. The summed E-state index contributed by atoms with van der Waals surface area (Å²) in [6.07, 6.45) is 0. The van der Waals surface area contributed by atoms with E-state index in [0.717, 1.165) is 26.6 Å². The van der Waals surface area contributed by atoms with E-state index in [1.807, 2.05) is 31.2 Å². The number of aromatic nitrogens is 1. The average molecular weight is 345 g/mol. The topological polar surface area (TPSA) is 24.9 Å². The van der Waals surface area contributed by atoms with Gasteiger partial charge in [-0.05, 0) is 58.7 Å². The lowest BCUT2D eigenvalue weighted by atomic mass is 10.1. The maximum atomic E-state index is 13.7. The molecule has 2 nitrogen and oxygen atoms in total. The van der Waals surface area contributed by atoms with Gasteiger partial charge >= 0.3 is 0 Å². The van der Waals surface area contributed by atoms with Crippen molar-refractivity contribution in [1.82, 2.24) is 4.98 Å². The highest BCUT2D eigenvalue weighted by Crippen LogP contribution is 2.26. The molecule has 0 amide bonds. The standard InChI is InChI=1S/C17H14BrFN2/c1-11-5-7-13-9-12(6-8-16(13)21-11)10-20-17-14(18)3-2-4-15(17)19/h2-9,20H,10H2,1H3. The van der Waals surface area contributed by atoms with Crippen molar-refractivity contribution in [2.45, 2.75) is 13.5 Å². The van der Waals surface area contributed by atoms with Gasteiger partial charge in [0.05, 0.1) is 11.2 Å². The summed E-state index contributed by atoms with van der Waals surface area (Å²) in [6.45, 7) is 2.54. The van der Waals surface area contributed by atoms with Crippen molar-refractivity contribution in [2.24, 2.45) is 0 Å². The van der Waals surface area contributed by atoms with E-state index in [4.69, 9.17) is 0 Å². The third-order valence-electron chi connectivity index (χ3n) is 3.32. The molecule has 0 spiro atoms. The van der Waals surface area contributed by atoms with Gasteiger partial charge in [-0.15, -0.1) is 0 Å². The smallest absolute Gasteiger partial charge is 0.147 e. The van der Waals surface area contributed by atoms with Crippen LogP contribution in [0, 0.1) is 12.7 Å².